The first-order chi connectivity index (χ1) is 11.0. The normalized spacial score (nSPS) is 10.8. The molecule has 3 rings (SSSR count). The van der Waals surface area contributed by atoms with Crippen molar-refractivity contribution in [2.45, 2.75) is 20.8 Å². The number of nitrogens with zero attached hydrogens (tertiary/aromatic N) is 6. The molecule has 2 heterocycles. The lowest BCUT2D eigenvalue weighted by Gasteiger charge is -2.09. The smallest absolute Gasteiger partial charge is 0.259 e. The number of hydrogen-bond donors (Lipinski definition) is 1. The van der Waals surface area contributed by atoms with Crippen LogP contribution in [0.15, 0.2) is 24.5 Å². The molecule has 3 aromatic rings. The van der Waals surface area contributed by atoms with Gasteiger partial charge in [0.15, 0.2) is 0 Å². The Morgan fingerprint density at radius 3 is 2.57 bits per heavy atom. The minimum absolute atomic E-state index is 0.164. The van der Waals surface area contributed by atoms with Crippen LogP contribution >= 0.6 is 0 Å². The third-order valence-corrected chi connectivity index (χ3v) is 3.79. The summed E-state index contributed by atoms with van der Waals surface area (Å²) in [5.74, 6) is -0.164. The van der Waals surface area contributed by atoms with Crippen LogP contribution in [0.3, 0.4) is 0 Å². The topological polar surface area (TPSA) is 90.5 Å². The highest BCUT2D eigenvalue weighted by atomic mass is 16.1. The summed E-state index contributed by atoms with van der Waals surface area (Å²) in [4.78, 5) is 12.5. The lowest BCUT2D eigenvalue weighted by molar-refractivity contribution is 0.102. The van der Waals surface area contributed by atoms with Crippen molar-refractivity contribution in [3.63, 3.8) is 0 Å². The van der Waals surface area contributed by atoms with Gasteiger partial charge in [-0.05, 0) is 55.0 Å². The number of benzene rings is 1. The van der Waals surface area contributed by atoms with E-state index in [-0.39, 0.29) is 5.91 Å². The van der Waals surface area contributed by atoms with Crippen LogP contribution in [0.1, 0.15) is 27.3 Å². The van der Waals surface area contributed by atoms with E-state index in [1.165, 1.54) is 6.33 Å². The zero-order chi connectivity index (χ0) is 16.6. The monoisotopic (exact) mass is 311 g/mol. The van der Waals surface area contributed by atoms with Gasteiger partial charge in [0.25, 0.3) is 5.91 Å². The van der Waals surface area contributed by atoms with Gasteiger partial charge in [0.2, 0.25) is 0 Å². The predicted molar refractivity (Wildman–Crippen MR) is 84.5 cm³/mol. The molecule has 0 aliphatic carbocycles. The average molecular weight is 311 g/mol. The van der Waals surface area contributed by atoms with Crippen LogP contribution in [-0.2, 0) is 7.05 Å². The van der Waals surface area contributed by atoms with E-state index in [2.05, 4.69) is 25.9 Å². The number of aromatic nitrogens is 6. The Labute approximate surface area is 133 Å². The van der Waals surface area contributed by atoms with Crippen molar-refractivity contribution < 1.29 is 4.79 Å². The molecule has 1 amide bonds. The molecule has 0 unspecified atom stereocenters. The number of hydrogen-bond acceptors (Lipinski definition) is 5. The third-order valence-electron chi connectivity index (χ3n) is 3.79. The number of rotatable bonds is 3. The molecule has 0 fully saturated rings. The first-order valence-electron chi connectivity index (χ1n) is 7.13. The molecule has 1 N–H and O–H groups in total. The number of aryl methyl sites for hydroxylation is 3. The third kappa shape index (κ3) is 2.70. The average Bonchev–Trinajstić information content (AvgIpc) is 3.08. The maximum absolute atomic E-state index is 12.5. The first kappa shape index (κ1) is 14.9. The lowest BCUT2D eigenvalue weighted by Crippen LogP contribution is -2.14. The van der Waals surface area contributed by atoms with Gasteiger partial charge in [-0.2, -0.15) is 5.10 Å². The molecular weight excluding hydrogens is 294 g/mol. The highest BCUT2D eigenvalue weighted by Gasteiger charge is 2.17. The van der Waals surface area contributed by atoms with Gasteiger partial charge in [0, 0.05) is 18.4 Å². The summed E-state index contributed by atoms with van der Waals surface area (Å²) in [5.41, 5.74) is 4.68. The van der Waals surface area contributed by atoms with E-state index in [4.69, 9.17) is 0 Å². The molecule has 8 heteroatoms. The van der Waals surface area contributed by atoms with Crippen molar-refractivity contribution >= 4 is 11.6 Å². The van der Waals surface area contributed by atoms with Crippen molar-refractivity contribution in [3.8, 4) is 5.69 Å². The fourth-order valence-electron chi connectivity index (χ4n) is 2.56. The largest absolute Gasteiger partial charge is 0.322 e. The molecule has 8 nitrogen and oxygen atoms in total. The Balaban J connectivity index is 1.86. The van der Waals surface area contributed by atoms with Crippen molar-refractivity contribution in [1.29, 1.82) is 0 Å². The van der Waals surface area contributed by atoms with Gasteiger partial charge >= 0.3 is 0 Å². The van der Waals surface area contributed by atoms with Crippen LogP contribution in [0.4, 0.5) is 5.69 Å². The summed E-state index contributed by atoms with van der Waals surface area (Å²) in [6.45, 7) is 5.64. The molecule has 0 saturated heterocycles. The molecule has 0 spiro atoms. The summed E-state index contributed by atoms with van der Waals surface area (Å²) in [5, 5.41) is 18.3. The second kappa shape index (κ2) is 5.64. The van der Waals surface area contributed by atoms with Gasteiger partial charge in [-0.3, -0.25) is 9.48 Å². The number of amides is 1. The molecule has 0 bridgehead atoms. The van der Waals surface area contributed by atoms with E-state index in [1.807, 2.05) is 46.0 Å². The number of tetrazole rings is 1. The molecule has 0 atom stereocenters. The van der Waals surface area contributed by atoms with Crippen molar-refractivity contribution in [1.82, 2.24) is 30.0 Å². The van der Waals surface area contributed by atoms with Crippen LogP contribution in [0.25, 0.3) is 5.69 Å². The molecule has 23 heavy (non-hydrogen) atoms. The zero-order valence-corrected chi connectivity index (χ0v) is 13.4. The molecular formula is C15H17N7O. The Bertz CT molecular complexity index is 864. The Kier molecular flexibility index (Phi) is 3.65. The number of nitrogens with one attached hydrogen (secondary N) is 1. The number of anilines is 1. The van der Waals surface area contributed by atoms with E-state index < -0.39 is 0 Å². The van der Waals surface area contributed by atoms with Crippen LogP contribution in [-0.4, -0.2) is 35.9 Å². The predicted octanol–water partition coefficient (Wildman–Crippen LogP) is 1.57. The SMILES string of the molecule is Cc1cc(NC(=O)c2c(C)nn(C)c2C)ccc1-n1cnnn1. The van der Waals surface area contributed by atoms with Crippen LogP contribution in [0.5, 0.6) is 0 Å². The number of carbonyl (C=O) groups excluding carboxylic acids is 1. The fraction of sp³-hybridized carbons (Fsp3) is 0.267. The molecule has 0 saturated carbocycles. The summed E-state index contributed by atoms with van der Waals surface area (Å²) in [6, 6.07) is 5.57. The molecule has 118 valence electrons. The van der Waals surface area contributed by atoms with Crippen molar-refractivity contribution in [2.24, 2.45) is 7.05 Å². The van der Waals surface area contributed by atoms with E-state index >= 15 is 0 Å². The Morgan fingerprint density at radius 1 is 1.22 bits per heavy atom. The maximum Gasteiger partial charge on any atom is 0.259 e. The van der Waals surface area contributed by atoms with Gasteiger partial charge in [-0.25, -0.2) is 4.68 Å². The summed E-state index contributed by atoms with van der Waals surface area (Å²) in [7, 11) is 1.82. The van der Waals surface area contributed by atoms with Crippen LogP contribution < -0.4 is 5.32 Å². The highest BCUT2D eigenvalue weighted by Crippen LogP contribution is 2.20. The molecule has 0 aliphatic heterocycles. The van der Waals surface area contributed by atoms with Gasteiger partial charge in [-0.15, -0.1) is 5.10 Å². The fourth-order valence-corrected chi connectivity index (χ4v) is 2.56. The zero-order valence-electron chi connectivity index (χ0n) is 13.4. The van der Waals surface area contributed by atoms with Crippen LogP contribution in [0, 0.1) is 20.8 Å². The van der Waals surface area contributed by atoms with Crippen LogP contribution in [0.2, 0.25) is 0 Å². The molecule has 2 aromatic heterocycles. The second-order valence-electron chi connectivity index (χ2n) is 5.38. The maximum atomic E-state index is 12.5. The lowest BCUT2D eigenvalue weighted by atomic mass is 10.1. The van der Waals surface area contributed by atoms with Gasteiger partial charge in [-0.1, -0.05) is 0 Å². The van der Waals surface area contributed by atoms with Crippen molar-refractivity contribution in [2.75, 3.05) is 5.32 Å². The van der Waals surface area contributed by atoms with E-state index in [1.54, 1.807) is 9.36 Å². The number of carbonyl (C=O) groups is 1. The Morgan fingerprint density at radius 2 is 2.00 bits per heavy atom. The Hall–Kier alpha value is -3.03. The summed E-state index contributed by atoms with van der Waals surface area (Å²) < 4.78 is 3.28. The second-order valence-corrected chi connectivity index (χ2v) is 5.38. The van der Waals surface area contributed by atoms with Gasteiger partial charge in [0.05, 0.1) is 16.9 Å². The highest BCUT2D eigenvalue weighted by molar-refractivity contribution is 6.05. The quantitative estimate of drug-likeness (QED) is 0.793. The van der Waals surface area contributed by atoms with Gasteiger partial charge in [0.1, 0.15) is 6.33 Å². The minimum Gasteiger partial charge on any atom is -0.322 e. The molecule has 0 aliphatic rings. The summed E-state index contributed by atoms with van der Waals surface area (Å²) in [6.07, 6.45) is 1.53. The minimum atomic E-state index is -0.164. The van der Waals surface area contributed by atoms with E-state index in [0.717, 1.165) is 16.9 Å². The molecule has 1 aromatic carbocycles. The first-order valence-corrected chi connectivity index (χ1v) is 7.13. The molecule has 0 radical (unpaired) electrons. The standard InChI is InChI=1S/C15H17N7O/c1-9-7-12(5-6-13(9)22-8-16-19-20-22)17-15(23)14-10(2)18-21(4)11(14)3/h5-8H,1-4H3,(H,17,23). The van der Waals surface area contributed by atoms with E-state index in [9.17, 15) is 4.79 Å². The van der Waals surface area contributed by atoms with Crippen molar-refractivity contribution in [3.05, 3.63) is 47.0 Å². The van der Waals surface area contributed by atoms with Gasteiger partial charge < -0.3 is 5.32 Å². The van der Waals surface area contributed by atoms with E-state index in [0.29, 0.717) is 16.9 Å². The summed E-state index contributed by atoms with van der Waals surface area (Å²) >= 11 is 0.